The van der Waals surface area contributed by atoms with E-state index in [2.05, 4.69) is 0 Å². The number of hydrogen-bond donors (Lipinski definition) is 2. The first-order valence-corrected chi connectivity index (χ1v) is 7.52. The van der Waals surface area contributed by atoms with Gasteiger partial charge >= 0.3 is 6.18 Å². The third-order valence-electron chi connectivity index (χ3n) is 3.59. The zero-order valence-electron chi connectivity index (χ0n) is 13.5. The highest BCUT2D eigenvalue weighted by Crippen LogP contribution is 2.23. The van der Waals surface area contributed by atoms with Crippen LogP contribution >= 0.6 is 0 Å². The molecule has 0 saturated carbocycles. The zero-order chi connectivity index (χ0) is 17.5. The molecule has 0 aliphatic carbocycles. The van der Waals surface area contributed by atoms with Crippen molar-refractivity contribution in [2.75, 3.05) is 40.3 Å². The molecule has 0 bridgehead atoms. The summed E-state index contributed by atoms with van der Waals surface area (Å²) in [6.07, 6.45) is -4.69. The van der Waals surface area contributed by atoms with Gasteiger partial charge in [0.05, 0.1) is 12.6 Å². The molecule has 4 nitrogen and oxygen atoms in total. The van der Waals surface area contributed by atoms with E-state index in [4.69, 9.17) is 0 Å². The second-order valence-electron chi connectivity index (χ2n) is 5.84. The van der Waals surface area contributed by atoms with Crippen LogP contribution in [0.25, 0.3) is 0 Å². The van der Waals surface area contributed by atoms with Gasteiger partial charge in [-0.2, -0.15) is 13.2 Å². The average Bonchev–Trinajstić information content (AvgIpc) is 2.43. The molecule has 0 aliphatic rings. The number of likely N-dealkylation sites (N-methyl/N-ethyl adjacent to an activating group) is 2. The maximum Gasteiger partial charge on any atom is 0.401 e. The molecule has 0 aliphatic heterocycles. The molecule has 7 heteroatoms. The zero-order valence-corrected chi connectivity index (χ0v) is 13.5. The first kappa shape index (κ1) is 19.9. The topological polar surface area (TPSA) is 46.9 Å². The van der Waals surface area contributed by atoms with E-state index in [1.54, 1.807) is 7.05 Å². The number of nitrogens with zero attached hydrogens (tertiary/aromatic N) is 2. The molecule has 1 rings (SSSR count). The Balaban J connectivity index is 2.59. The van der Waals surface area contributed by atoms with E-state index in [-0.39, 0.29) is 25.7 Å². The average molecular weight is 334 g/mol. The number of benzene rings is 1. The van der Waals surface area contributed by atoms with Crippen molar-refractivity contribution in [2.45, 2.75) is 24.7 Å². The fraction of sp³-hybridized carbons (Fsp3) is 0.625. The molecule has 0 fully saturated rings. The molecule has 23 heavy (non-hydrogen) atoms. The Morgan fingerprint density at radius 3 is 2.22 bits per heavy atom. The molecule has 0 unspecified atom stereocenters. The van der Waals surface area contributed by atoms with Crippen molar-refractivity contribution in [1.82, 2.24) is 9.80 Å². The van der Waals surface area contributed by atoms with Crippen LogP contribution in [-0.2, 0) is 0 Å². The number of rotatable bonds is 9. The third kappa shape index (κ3) is 7.78. The van der Waals surface area contributed by atoms with Crippen LogP contribution in [-0.4, -0.2) is 72.6 Å². The minimum absolute atomic E-state index is 0.00598. The van der Waals surface area contributed by atoms with Gasteiger partial charge in [0.2, 0.25) is 0 Å². The Labute approximate surface area is 135 Å². The van der Waals surface area contributed by atoms with Gasteiger partial charge in [-0.15, -0.1) is 0 Å². The third-order valence-corrected chi connectivity index (χ3v) is 3.59. The Morgan fingerprint density at radius 2 is 1.70 bits per heavy atom. The molecule has 2 atom stereocenters. The van der Waals surface area contributed by atoms with Crippen LogP contribution in [0.5, 0.6) is 0 Å². The molecule has 0 heterocycles. The van der Waals surface area contributed by atoms with Crippen LogP contribution in [0, 0.1) is 0 Å². The molecular formula is C16H25F3N2O2. The van der Waals surface area contributed by atoms with Gasteiger partial charge in [0, 0.05) is 25.7 Å². The minimum Gasteiger partial charge on any atom is -0.396 e. The van der Waals surface area contributed by atoms with Crippen LogP contribution in [0.4, 0.5) is 13.2 Å². The number of hydrogen-bond acceptors (Lipinski definition) is 4. The van der Waals surface area contributed by atoms with Crippen LogP contribution in [0.2, 0.25) is 0 Å². The Bertz CT molecular complexity index is 443. The highest BCUT2D eigenvalue weighted by molar-refractivity contribution is 5.19. The standard InChI is InChI=1S/C16H25F3N2O2/c1-20(12-16(17,18)19)10-14(23)11-21(2)15(8-9-22)13-6-4-3-5-7-13/h3-7,14-15,22-23H,8-12H2,1-2H3/t14-,15+/m1/s1. The fourth-order valence-corrected chi connectivity index (χ4v) is 2.69. The van der Waals surface area contributed by atoms with Gasteiger partial charge in [0.1, 0.15) is 0 Å². The Hall–Kier alpha value is -1.15. The van der Waals surface area contributed by atoms with Crippen LogP contribution in [0.15, 0.2) is 30.3 Å². The van der Waals surface area contributed by atoms with Crippen molar-refractivity contribution < 1.29 is 23.4 Å². The van der Waals surface area contributed by atoms with Gasteiger partial charge in [0.15, 0.2) is 0 Å². The maximum absolute atomic E-state index is 12.3. The molecular weight excluding hydrogens is 309 g/mol. The van der Waals surface area contributed by atoms with Crippen LogP contribution in [0.3, 0.4) is 0 Å². The number of aliphatic hydroxyl groups is 2. The summed E-state index contributed by atoms with van der Waals surface area (Å²) >= 11 is 0. The van der Waals surface area contributed by atoms with Crippen molar-refractivity contribution in [2.24, 2.45) is 0 Å². The second kappa shape index (κ2) is 9.22. The Kier molecular flexibility index (Phi) is 7.98. The van der Waals surface area contributed by atoms with E-state index in [0.29, 0.717) is 6.42 Å². The minimum atomic E-state index is -4.27. The van der Waals surface area contributed by atoms with Crippen molar-refractivity contribution in [3.63, 3.8) is 0 Å². The predicted molar refractivity (Wildman–Crippen MR) is 83.1 cm³/mol. The summed E-state index contributed by atoms with van der Waals surface area (Å²) in [5.41, 5.74) is 1.000. The summed E-state index contributed by atoms with van der Waals surface area (Å²) in [4.78, 5) is 2.92. The smallest absolute Gasteiger partial charge is 0.396 e. The normalized spacial score (nSPS) is 15.2. The summed E-state index contributed by atoms with van der Waals surface area (Å²) in [5.74, 6) is 0. The summed E-state index contributed by atoms with van der Waals surface area (Å²) < 4.78 is 36.9. The van der Waals surface area contributed by atoms with Gasteiger partial charge in [-0.1, -0.05) is 30.3 Å². The monoisotopic (exact) mass is 334 g/mol. The highest BCUT2D eigenvalue weighted by Gasteiger charge is 2.30. The molecule has 0 radical (unpaired) electrons. The van der Waals surface area contributed by atoms with E-state index >= 15 is 0 Å². The van der Waals surface area contributed by atoms with Crippen molar-refractivity contribution >= 4 is 0 Å². The quantitative estimate of drug-likeness (QED) is 0.724. The second-order valence-corrected chi connectivity index (χ2v) is 5.84. The number of alkyl halides is 3. The maximum atomic E-state index is 12.3. The lowest BCUT2D eigenvalue weighted by atomic mass is 10.0. The number of aliphatic hydroxyl groups excluding tert-OH is 2. The van der Waals surface area contributed by atoms with Gasteiger partial charge in [-0.3, -0.25) is 9.80 Å². The molecule has 2 N–H and O–H groups in total. The fourth-order valence-electron chi connectivity index (χ4n) is 2.69. The Morgan fingerprint density at radius 1 is 1.09 bits per heavy atom. The molecule has 132 valence electrons. The molecule has 1 aromatic carbocycles. The first-order chi connectivity index (χ1) is 10.7. The molecule has 1 aromatic rings. The summed E-state index contributed by atoms with van der Waals surface area (Å²) in [6, 6.07) is 9.43. The van der Waals surface area contributed by atoms with Crippen molar-refractivity contribution in [1.29, 1.82) is 0 Å². The lowest BCUT2D eigenvalue weighted by Crippen LogP contribution is -2.41. The largest absolute Gasteiger partial charge is 0.401 e. The molecule has 0 saturated heterocycles. The number of halogens is 3. The first-order valence-electron chi connectivity index (χ1n) is 7.52. The lowest BCUT2D eigenvalue weighted by molar-refractivity contribution is -0.145. The van der Waals surface area contributed by atoms with Crippen molar-refractivity contribution in [3.8, 4) is 0 Å². The predicted octanol–water partition coefficient (Wildman–Crippen LogP) is 1.90. The van der Waals surface area contributed by atoms with Crippen LogP contribution in [0.1, 0.15) is 18.0 Å². The molecule has 0 spiro atoms. The highest BCUT2D eigenvalue weighted by atomic mass is 19.4. The summed E-state index contributed by atoms with van der Waals surface area (Å²) in [5, 5.41) is 19.3. The van der Waals surface area contributed by atoms with Gasteiger partial charge in [0.25, 0.3) is 0 Å². The van der Waals surface area contributed by atoms with E-state index in [1.165, 1.54) is 7.05 Å². The van der Waals surface area contributed by atoms with E-state index < -0.39 is 18.8 Å². The van der Waals surface area contributed by atoms with Gasteiger partial charge < -0.3 is 10.2 Å². The van der Waals surface area contributed by atoms with Crippen molar-refractivity contribution in [3.05, 3.63) is 35.9 Å². The van der Waals surface area contributed by atoms with Gasteiger partial charge in [-0.05, 0) is 26.1 Å². The molecule has 0 aromatic heterocycles. The van der Waals surface area contributed by atoms with E-state index in [9.17, 15) is 23.4 Å². The van der Waals surface area contributed by atoms with E-state index in [1.807, 2.05) is 35.2 Å². The van der Waals surface area contributed by atoms with Crippen LogP contribution < -0.4 is 0 Å². The van der Waals surface area contributed by atoms with E-state index in [0.717, 1.165) is 10.5 Å². The summed E-state index contributed by atoms with van der Waals surface area (Å²) in [7, 11) is 3.12. The molecule has 0 amide bonds. The summed E-state index contributed by atoms with van der Waals surface area (Å²) in [6.45, 7) is -0.896. The van der Waals surface area contributed by atoms with Gasteiger partial charge in [-0.25, -0.2) is 0 Å². The SMILES string of the molecule is CN(C[C@@H](O)CN(C)[C@@H](CCO)c1ccccc1)CC(F)(F)F. The lowest BCUT2D eigenvalue weighted by Gasteiger charge is -2.31.